The first kappa shape index (κ1) is 13.0. The van der Waals surface area contributed by atoms with E-state index in [2.05, 4.69) is 21.3 Å². The maximum absolute atomic E-state index is 9.31. The van der Waals surface area contributed by atoms with Gasteiger partial charge in [0.2, 0.25) is 0 Å². The molecular formula is C14H14N4O. The van der Waals surface area contributed by atoms with E-state index in [1.54, 1.807) is 24.5 Å². The van der Waals surface area contributed by atoms with Crippen molar-refractivity contribution in [2.75, 3.05) is 0 Å². The average molecular weight is 254 g/mol. The van der Waals surface area contributed by atoms with Gasteiger partial charge in [-0.05, 0) is 30.5 Å². The number of pyridine rings is 1. The zero-order valence-corrected chi connectivity index (χ0v) is 10.9. The molecule has 0 aromatic carbocycles. The Morgan fingerprint density at radius 2 is 2.11 bits per heavy atom. The molecule has 0 unspecified atom stereocenters. The van der Waals surface area contributed by atoms with Crippen molar-refractivity contribution in [2.24, 2.45) is 0 Å². The van der Waals surface area contributed by atoms with E-state index < -0.39 is 0 Å². The number of rotatable bonds is 4. The fraction of sp³-hybridized carbons (Fsp3) is 0.286. The zero-order valence-electron chi connectivity index (χ0n) is 10.9. The molecule has 2 aromatic rings. The van der Waals surface area contributed by atoms with Crippen molar-refractivity contribution < 1.29 is 4.74 Å². The molecule has 0 N–H and O–H groups in total. The molecule has 0 saturated carbocycles. The predicted octanol–water partition coefficient (Wildman–Crippen LogP) is 2.66. The minimum absolute atomic E-state index is 0.240. The van der Waals surface area contributed by atoms with Gasteiger partial charge in [-0.1, -0.05) is 13.8 Å². The highest BCUT2D eigenvalue weighted by Gasteiger charge is 2.15. The molecule has 5 heteroatoms. The Morgan fingerprint density at radius 1 is 1.26 bits per heavy atom. The lowest BCUT2D eigenvalue weighted by Gasteiger charge is -2.10. The molecule has 0 radical (unpaired) electrons. The second-order valence-electron chi connectivity index (χ2n) is 3.92. The number of aryl methyl sites for hydroxylation is 1. The highest BCUT2D eigenvalue weighted by molar-refractivity contribution is 5.47. The standard InChI is InChI=1S/C14H14N4O/c1-3-11-12(8-15)14(18-17-13(11)4-2)19-10-6-5-7-16-9-10/h5-7,9H,3-4H2,1-2H3. The number of aromatic nitrogens is 3. The lowest BCUT2D eigenvalue weighted by atomic mass is 10.0. The van der Waals surface area contributed by atoms with Gasteiger partial charge in [-0.25, -0.2) is 0 Å². The maximum Gasteiger partial charge on any atom is 0.257 e. The monoisotopic (exact) mass is 254 g/mol. The van der Waals surface area contributed by atoms with Crippen LogP contribution < -0.4 is 4.74 Å². The minimum Gasteiger partial charge on any atom is -0.435 e. The fourth-order valence-electron chi connectivity index (χ4n) is 1.86. The first-order valence-corrected chi connectivity index (χ1v) is 6.16. The number of nitriles is 1. The van der Waals surface area contributed by atoms with Crippen LogP contribution in [0.15, 0.2) is 24.5 Å². The summed E-state index contributed by atoms with van der Waals surface area (Å²) < 4.78 is 5.58. The van der Waals surface area contributed by atoms with Crippen LogP contribution in [0, 0.1) is 11.3 Å². The quantitative estimate of drug-likeness (QED) is 0.838. The predicted molar refractivity (Wildman–Crippen MR) is 69.8 cm³/mol. The molecule has 0 fully saturated rings. The van der Waals surface area contributed by atoms with E-state index in [0.717, 1.165) is 24.1 Å². The summed E-state index contributed by atoms with van der Waals surface area (Å²) in [5, 5.41) is 17.4. The van der Waals surface area contributed by atoms with E-state index in [1.807, 2.05) is 13.8 Å². The lowest BCUT2D eigenvalue weighted by Crippen LogP contribution is -2.05. The Morgan fingerprint density at radius 3 is 2.68 bits per heavy atom. The van der Waals surface area contributed by atoms with Crippen LogP contribution in [0.3, 0.4) is 0 Å². The molecule has 0 aliphatic rings. The normalized spacial score (nSPS) is 9.95. The second-order valence-corrected chi connectivity index (χ2v) is 3.92. The summed E-state index contributed by atoms with van der Waals surface area (Å²) in [6.45, 7) is 3.98. The van der Waals surface area contributed by atoms with E-state index in [0.29, 0.717) is 11.3 Å². The SMILES string of the molecule is CCc1nnc(Oc2cccnc2)c(C#N)c1CC. The van der Waals surface area contributed by atoms with Crippen LogP contribution in [0.2, 0.25) is 0 Å². The van der Waals surface area contributed by atoms with E-state index in [-0.39, 0.29) is 5.88 Å². The Kier molecular flexibility index (Phi) is 4.04. The largest absolute Gasteiger partial charge is 0.435 e. The highest BCUT2D eigenvalue weighted by atomic mass is 16.5. The average Bonchev–Trinajstić information content (AvgIpc) is 2.47. The Labute approximate surface area is 111 Å². The van der Waals surface area contributed by atoms with E-state index in [4.69, 9.17) is 4.74 Å². The summed E-state index contributed by atoms with van der Waals surface area (Å²) in [5.41, 5.74) is 2.20. The van der Waals surface area contributed by atoms with Gasteiger partial charge in [0, 0.05) is 6.20 Å². The summed E-state index contributed by atoms with van der Waals surface area (Å²) in [7, 11) is 0. The second kappa shape index (κ2) is 5.91. The number of hydrogen-bond donors (Lipinski definition) is 0. The summed E-state index contributed by atoms with van der Waals surface area (Å²) in [6, 6.07) is 5.68. The molecule has 0 atom stereocenters. The van der Waals surface area contributed by atoms with Gasteiger partial charge < -0.3 is 4.74 Å². The number of ether oxygens (including phenoxy) is 1. The van der Waals surface area contributed by atoms with Gasteiger partial charge in [-0.3, -0.25) is 4.98 Å². The van der Waals surface area contributed by atoms with Gasteiger partial charge in [-0.2, -0.15) is 10.4 Å². The summed E-state index contributed by atoms with van der Waals surface area (Å²) >= 11 is 0. The van der Waals surface area contributed by atoms with Crippen molar-refractivity contribution in [3.05, 3.63) is 41.3 Å². The maximum atomic E-state index is 9.31. The van der Waals surface area contributed by atoms with Crippen LogP contribution in [-0.4, -0.2) is 15.2 Å². The topological polar surface area (TPSA) is 71.7 Å². The van der Waals surface area contributed by atoms with Crippen LogP contribution in [0.4, 0.5) is 0 Å². The van der Waals surface area contributed by atoms with Crippen molar-refractivity contribution >= 4 is 0 Å². The van der Waals surface area contributed by atoms with Crippen molar-refractivity contribution in [2.45, 2.75) is 26.7 Å². The van der Waals surface area contributed by atoms with Gasteiger partial charge in [0.15, 0.2) is 0 Å². The lowest BCUT2D eigenvalue weighted by molar-refractivity contribution is 0.449. The Hall–Kier alpha value is -2.48. The van der Waals surface area contributed by atoms with E-state index in [1.165, 1.54) is 0 Å². The van der Waals surface area contributed by atoms with Crippen LogP contribution >= 0.6 is 0 Å². The van der Waals surface area contributed by atoms with Crippen LogP contribution in [0.1, 0.15) is 30.7 Å². The van der Waals surface area contributed by atoms with Crippen LogP contribution in [-0.2, 0) is 12.8 Å². The molecule has 5 nitrogen and oxygen atoms in total. The van der Waals surface area contributed by atoms with Crippen molar-refractivity contribution in [3.8, 4) is 17.7 Å². The molecule has 96 valence electrons. The van der Waals surface area contributed by atoms with E-state index >= 15 is 0 Å². The third kappa shape index (κ3) is 2.68. The molecule has 0 amide bonds. The highest BCUT2D eigenvalue weighted by Crippen LogP contribution is 2.25. The van der Waals surface area contributed by atoms with Crippen LogP contribution in [0.5, 0.6) is 11.6 Å². The third-order valence-electron chi connectivity index (χ3n) is 2.77. The first-order valence-electron chi connectivity index (χ1n) is 6.16. The van der Waals surface area contributed by atoms with Gasteiger partial charge in [0.05, 0.1) is 11.9 Å². The molecule has 0 saturated heterocycles. The molecule has 0 aliphatic carbocycles. The smallest absolute Gasteiger partial charge is 0.257 e. The van der Waals surface area contributed by atoms with Gasteiger partial charge in [0.25, 0.3) is 5.88 Å². The van der Waals surface area contributed by atoms with Crippen molar-refractivity contribution in [1.82, 2.24) is 15.2 Å². The molecular weight excluding hydrogens is 240 g/mol. The third-order valence-corrected chi connectivity index (χ3v) is 2.77. The summed E-state index contributed by atoms with van der Waals surface area (Å²) in [5.74, 6) is 0.782. The molecule has 2 aromatic heterocycles. The zero-order chi connectivity index (χ0) is 13.7. The molecule has 0 bridgehead atoms. The van der Waals surface area contributed by atoms with E-state index in [9.17, 15) is 5.26 Å². The number of nitrogens with zero attached hydrogens (tertiary/aromatic N) is 4. The minimum atomic E-state index is 0.240. The summed E-state index contributed by atoms with van der Waals surface area (Å²) in [6.07, 6.45) is 4.70. The van der Waals surface area contributed by atoms with Gasteiger partial charge >= 0.3 is 0 Å². The molecule has 0 aliphatic heterocycles. The van der Waals surface area contributed by atoms with Gasteiger partial charge in [0.1, 0.15) is 17.4 Å². The molecule has 0 spiro atoms. The van der Waals surface area contributed by atoms with Crippen molar-refractivity contribution in [3.63, 3.8) is 0 Å². The number of hydrogen-bond acceptors (Lipinski definition) is 5. The fourth-order valence-corrected chi connectivity index (χ4v) is 1.86. The molecule has 2 heterocycles. The summed E-state index contributed by atoms with van der Waals surface area (Å²) in [4.78, 5) is 3.96. The van der Waals surface area contributed by atoms with Gasteiger partial charge in [-0.15, -0.1) is 5.10 Å². The molecule has 2 rings (SSSR count). The Balaban J connectivity index is 2.44. The Bertz CT molecular complexity index is 605. The van der Waals surface area contributed by atoms with Crippen LogP contribution in [0.25, 0.3) is 0 Å². The van der Waals surface area contributed by atoms with Crippen molar-refractivity contribution in [1.29, 1.82) is 5.26 Å². The molecule has 19 heavy (non-hydrogen) atoms. The first-order chi connectivity index (χ1) is 9.30.